The molecule has 2 aliphatic rings. The normalized spacial score (nSPS) is 17.7. The van der Waals surface area contributed by atoms with Crippen LogP contribution in [0.4, 0.5) is 4.39 Å². The van der Waals surface area contributed by atoms with Crippen LogP contribution >= 0.6 is 23.2 Å². The zero-order valence-electron chi connectivity index (χ0n) is 37.9. The van der Waals surface area contributed by atoms with Crippen LogP contribution in [0.1, 0.15) is 25.7 Å². The minimum absolute atomic E-state index is 0.00325. The van der Waals surface area contributed by atoms with Crippen molar-refractivity contribution >= 4 is 67.3 Å². The Morgan fingerprint density at radius 3 is 1.99 bits per heavy atom. The Labute approximate surface area is 396 Å². The second kappa shape index (κ2) is 19.1. The maximum atomic E-state index is 14.3. The molecule has 0 amide bonds. The number of likely N-dealkylation sites (tertiary alicyclic amines) is 2. The van der Waals surface area contributed by atoms with E-state index >= 15 is 0 Å². The fraction of sp³-hybridized carbons (Fsp3) is 0.417. The third-order valence-corrected chi connectivity index (χ3v) is 14.3. The van der Waals surface area contributed by atoms with Gasteiger partial charge in [0.05, 0.1) is 73.2 Å². The number of methoxy groups -OCH3 is 4. The summed E-state index contributed by atoms with van der Waals surface area (Å²) in [6.07, 6.45) is 10.4. The summed E-state index contributed by atoms with van der Waals surface area (Å²) in [6.45, 7) is 7.77. The summed E-state index contributed by atoms with van der Waals surface area (Å²) < 4.78 is 41.1. The van der Waals surface area contributed by atoms with Crippen LogP contribution in [0.3, 0.4) is 0 Å². The molecule has 2 fully saturated rings. The number of nitrogens with zero attached hydrogens (tertiary/aromatic N) is 8. The van der Waals surface area contributed by atoms with Crippen molar-refractivity contribution in [1.82, 2.24) is 54.2 Å². The highest BCUT2D eigenvalue weighted by molar-refractivity contribution is 6.36. The van der Waals surface area contributed by atoms with E-state index in [2.05, 4.69) is 50.4 Å². The van der Waals surface area contributed by atoms with Crippen molar-refractivity contribution in [3.05, 3.63) is 71.0 Å². The summed E-state index contributed by atoms with van der Waals surface area (Å²) in [7, 11) is 6.38. The Kier molecular flexibility index (Phi) is 12.9. The second-order valence-electron chi connectivity index (χ2n) is 17.5. The summed E-state index contributed by atoms with van der Waals surface area (Å²) in [5, 5.41) is 16.9. The molecule has 352 valence electrons. The number of aromatic amines is 2. The summed E-state index contributed by atoms with van der Waals surface area (Å²) in [5.41, 5.74) is 7.94. The van der Waals surface area contributed by atoms with Gasteiger partial charge in [-0.2, -0.15) is 0 Å². The molecule has 2 unspecified atom stereocenters. The molecule has 16 nitrogen and oxygen atoms in total. The van der Waals surface area contributed by atoms with Gasteiger partial charge in [0, 0.05) is 91.4 Å². The summed E-state index contributed by atoms with van der Waals surface area (Å²) in [5.74, 6) is 1.86. The highest BCUT2D eigenvalue weighted by atomic mass is 35.5. The molecule has 8 aromatic rings. The Bertz CT molecular complexity index is 3070. The van der Waals surface area contributed by atoms with Crippen molar-refractivity contribution in [2.45, 2.75) is 50.9 Å². The van der Waals surface area contributed by atoms with E-state index in [-0.39, 0.29) is 17.2 Å². The molecule has 0 aromatic carbocycles. The first-order valence-electron chi connectivity index (χ1n) is 22.7. The van der Waals surface area contributed by atoms with Gasteiger partial charge in [0.25, 0.3) is 11.8 Å². The SMILES string of the molecule is COc1cc2c(nc1OC)c(-c1cc3c(Cl)ccnc3[nH]1)cn2CCN1CCC(CNC2CN(CCCn3cc(-c4cc5c(Cl)c(F)cnc5[nH]4)c4nc(OC)c(OC)cc43)CCC2O)CC1. The van der Waals surface area contributed by atoms with Gasteiger partial charge in [-0.05, 0) is 76.0 Å². The number of ether oxygens (including phenoxy) is 4. The molecule has 0 saturated carbocycles. The van der Waals surface area contributed by atoms with Crippen LogP contribution in [-0.4, -0.2) is 140 Å². The summed E-state index contributed by atoms with van der Waals surface area (Å²) in [6, 6.07) is 9.56. The topological polar surface area (TPSA) is 169 Å². The number of pyridine rings is 4. The van der Waals surface area contributed by atoms with Crippen molar-refractivity contribution in [2.75, 3.05) is 74.3 Å². The highest BCUT2D eigenvalue weighted by Crippen LogP contribution is 2.39. The van der Waals surface area contributed by atoms with Gasteiger partial charge >= 0.3 is 0 Å². The molecule has 0 bridgehead atoms. The van der Waals surface area contributed by atoms with E-state index in [0.29, 0.717) is 50.7 Å². The van der Waals surface area contributed by atoms with Crippen LogP contribution in [0.15, 0.2) is 55.1 Å². The molecule has 10 rings (SSSR count). The number of nitrogens with one attached hydrogen (secondary N) is 3. The average Bonchev–Trinajstić information content (AvgIpc) is 4.15. The molecular formula is C48H54Cl2FN11O5. The maximum Gasteiger partial charge on any atom is 0.257 e. The van der Waals surface area contributed by atoms with E-state index in [9.17, 15) is 9.50 Å². The van der Waals surface area contributed by atoms with Crippen LogP contribution in [0.2, 0.25) is 10.0 Å². The lowest BCUT2D eigenvalue weighted by molar-refractivity contribution is 0.0433. The number of aromatic nitrogens is 8. The van der Waals surface area contributed by atoms with Crippen molar-refractivity contribution in [2.24, 2.45) is 5.92 Å². The number of aliphatic hydroxyl groups is 1. The minimum Gasteiger partial charge on any atom is -0.491 e. The van der Waals surface area contributed by atoms with Crippen LogP contribution in [0.5, 0.6) is 23.3 Å². The molecule has 19 heteroatoms. The van der Waals surface area contributed by atoms with E-state index < -0.39 is 5.82 Å². The molecule has 4 N–H and O–H groups in total. The average molecular weight is 955 g/mol. The van der Waals surface area contributed by atoms with Crippen molar-refractivity contribution in [1.29, 1.82) is 0 Å². The quantitative estimate of drug-likeness (QED) is 0.0744. The number of piperidine rings is 2. The van der Waals surface area contributed by atoms with Crippen molar-refractivity contribution in [3.8, 4) is 45.8 Å². The fourth-order valence-corrected chi connectivity index (χ4v) is 10.2. The Morgan fingerprint density at radius 1 is 0.746 bits per heavy atom. The molecule has 8 aromatic heterocycles. The molecule has 0 spiro atoms. The van der Waals surface area contributed by atoms with E-state index in [0.717, 1.165) is 141 Å². The van der Waals surface area contributed by atoms with E-state index in [1.807, 2.05) is 24.4 Å². The first-order chi connectivity index (χ1) is 32.6. The number of hydrogen-bond acceptors (Lipinski definition) is 12. The third kappa shape index (κ3) is 8.84. The third-order valence-electron chi connectivity index (χ3n) is 13.6. The van der Waals surface area contributed by atoms with Crippen LogP contribution in [0.25, 0.3) is 66.6 Å². The summed E-state index contributed by atoms with van der Waals surface area (Å²) >= 11 is 12.8. The smallest absolute Gasteiger partial charge is 0.257 e. The lowest BCUT2D eigenvalue weighted by Gasteiger charge is -2.38. The molecule has 2 saturated heterocycles. The first-order valence-corrected chi connectivity index (χ1v) is 23.4. The molecular weight excluding hydrogens is 901 g/mol. The number of halogens is 3. The number of rotatable bonds is 16. The number of aryl methyl sites for hydroxylation is 1. The lowest BCUT2D eigenvalue weighted by Crippen LogP contribution is -2.55. The second-order valence-corrected chi connectivity index (χ2v) is 18.3. The van der Waals surface area contributed by atoms with Crippen LogP contribution in [0, 0.1) is 11.7 Å². The van der Waals surface area contributed by atoms with Gasteiger partial charge < -0.3 is 58.3 Å². The zero-order valence-corrected chi connectivity index (χ0v) is 39.4. The maximum absolute atomic E-state index is 14.3. The molecule has 2 atom stereocenters. The number of fused-ring (bicyclic) bond motifs is 4. The van der Waals surface area contributed by atoms with E-state index in [1.165, 1.54) is 0 Å². The molecule has 67 heavy (non-hydrogen) atoms. The van der Waals surface area contributed by atoms with E-state index in [4.69, 9.17) is 52.1 Å². The largest absolute Gasteiger partial charge is 0.491 e. The van der Waals surface area contributed by atoms with Gasteiger partial charge in [0.1, 0.15) is 22.3 Å². The van der Waals surface area contributed by atoms with Crippen LogP contribution < -0.4 is 24.3 Å². The number of H-pyrrole nitrogens is 2. The first kappa shape index (κ1) is 45.1. The Hall–Kier alpha value is -5.69. The molecule has 0 radical (unpaired) electrons. The van der Waals surface area contributed by atoms with Crippen molar-refractivity contribution in [3.63, 3.8) is 0 Å². The zero-order chi connectivity index (χ0) is 46.3. The van der Waals surface area contributed by atoms with E-state index in [1.54, 1.807) is 46.8 Å². The highest BCUT2D eigenvalue weighted by Gasteiger charge is 2.29. The molecule has 2 aliphatic heterocycles. The van der Waals surface area contributed by atoms with Crippen molar-refractivity contribution < 1.29 is 28.4 Å². The van der Waals surface area contributed by atoms with Gasteiger partial charge in [0.15, 0.2) is 17.3 Å². The lowest BCUT2D eigenvalue weighted by atomic mass is 9.95. The number of hydrogen-bond donors (Lipinski definition) is 4. The molecule has 10 heterocycles. The predicted molar refractivity (Wildman–Crippen MR) is 258 cm³/mol. The summed E-state index contributed by atoms with van der Waals surface area (Å²) in [4.78, 5) is 30.1. The van der Waals surface area contributed by atoms with Gasteiger partial charge in [0.2, 0.25) is 0 Å². The Morgan fingerprint density at radius 2 is 1.36 bits per heavy atom. The number of aliphatic hydroxyl groups excluding tert-OH is 1. The fourth-order valence-electron chi connectivity index (χ4n) is 9.85. The van der Waals surface area contributed by atoms with Crippen LogP contribution in [-0.2, 0) is 13.1 Å². The minimum atomic E-state index is -0.574. The van der Waals surface area contributed by atoms with Gasteiger partial charge in [-0.15, -0.1) is 0 Å². The monoisotopic (exact) mass is 953 g/mol. The molecule has 0 aliphatic carbocycles. The standard InChI is InChI=1S/C48H54Cl2FN11O5/c1-64-40-20-37-43(57-47(40)66-3)30(35-19-29-42(50)33(51)23-54-46(29)56-35)24-61(37)12-5-11-60-15-9-39(63)36(26-60)53-22-27-7-13-59(14-8-27)16-17-62-25-31(34-18-28-32(49)6-10-52-45(28)55-34)44-38(62)21-41(65-2)48(58-44)67-4/h6,10,18-21,23-25,27,36,39,53,63H,5,7-9,11-17,22,26H2,1-4H3,(H,52,55)(H,54,56). The Balaban J connectivity index is 0.745. The van der Waals surface area contributed by atoms with Gasteiger partial charge in [-0.1, -0.05) is 23.2 Å². The van der Waals surface area contributed by atoms with Gasteiger partial charge in [-0.25, -0.2) is 24.3 Å². The van der Waals surface area contributed by atoms with Gasteiger partial charge in [-0.3, -0.25) is 0 Å². The predicted octanol–water partition coefficient (Wildman–Crippen LogP) is 7.78.